The van der Waals surface area contributed by atoms with Crippen molar-refractivity contribution in [1.29, 1.82) is 0 Å². The number of hydrogen-bond acceptors (Lipinski definition) is 2. The van der Waals surface area contributed by atoms with Crippen molar-refractivity contribution < 1.29 is 18.0 Å². The first-order valence-corrected chi connectivity index (χ1v) is 12.8. The van der Waals surface area contributed by atoms with Crippen LogP contribution in [-0.4, -0.2) is 17.4 Å². The normalized spacial score (nSPS) is 13.7. The molecule has 5 rings (SSSR count). The van der Waals surface area contributed by atoms with E-state index in [0.29, 0.717) is 32.4 Å². The number of carbonyl (C=O) groups is 1. The minimum atomic E-state index is -4.41. The molecule has 0 saturated heterocycles. The lowest BCUT2D eigenvalue weighted by Crippen LogP contribution is -2.30. The molecule has 194 valence electrons. The Morgan fingerprint density at radius 2 is 1.63 bits per heavy atom. The predicted octanol–water partition coefficient (Wildman–Crippen LogP) is 8.49. The summed E-state index contributed by atoms with van der Waals surface area (Å²) in [6.45, 7) is 2.40. The molecule has 0 bridgehead atoms. The second-order valence-electron chi connectivity index (χ2n) is 9.27. The zero-order valence-corrected chi connectivity index (χ0v) is 21.7. The molecule has 3 nitrogen and oxygen atoms in total. The van der Waals surface area contributed by atoms with Gasteiger partial charge in [0, 0.05) is 30.9 Å². The number of benzene rings is 4. The number of amides is 1. The van der Waals surface area contributed by atoms with Crippen LogP contribution in [0.5, 0.6) is 0 Å². The second kappa shape index (κ2) is 10.8. The zero-order chi connectivity index (χ0) is 26.9. The van der Waals surface area contributed by atoms with E-state index >= 15 is 0 Å². The largest absolute Gasteiger partial charge is 0.416 e. The minimum absolute atomic E-state index is 0.322. The quantitative estimate of drug-likeness (QED) is 0.268. The first-order valence-electron chi connectivity index (χ1n) is 12.0. The van der Waals surface area contributed by atoms with Crippen molar-refractivity contribution >= 4 is 34.8 Å². The molecular formula is C30H23Cl2F3N2O. The van der Waals surface area contributed by atoms with Gasteiger partial charge in [-0.2, -0.15) is 13.2 Å². The monoisotopic (exact) mass is 554 g/mol. The molecule has 8 heteroatoms. The molecule has 1 aliphatic heterocycles. The van der Waals surface area contributed by atoms with Crippen LogP contribution in [0, 0.1) is 0 Å². The van der Waals surface area contributed by atoms with Gasteiger partial charge in [0.2, 0.25) is 0 Å². The maximum absolute atomic E-state index is 13.2. The van der Waals surface area contributed by atoms with Crippen molar-refractivity contribution in [2.24, 2.45) is 0 Å². The van der Waals surface area contributed by atoms with Gasteiger partial charge in [0.25, 0.3) is 5.91 Å². The Morgan fingerprint density at radius 3 is 2.37 bits per heavy atom. The van der Waals surface area contributed by atoms with Gasteiger partial charge in [-0.05, 0) is 76.7 Å². The van der Waals surface area contributed by atoms with Crippen LogP contribution in [0.25, 0.3) is 11.1 Å². The van der Waals surface area contributed by atoms with Crippen molar-refractivity contribution in [2.75, 3.05) is 11.9 Å². The zero-order valence-electron chi connectivity index (χ0n) is 20.2. The molecule has 0 spiro atoms. The fourth-order valence-corrected chi connectivity index (χ4v) is 5.01. The summed E-state index contributed by atoms with van der Waals surface area (Å²) in [5, 5.41) is 4.04. The van der Waals surface area contributed by atoms with Crippen LogP contribution in [0.1, 0.15) is 32.6 Å². The molecule has 0 aromatic heterocycles. The van der Waals surface area contributed by atoms with Gasteiger partial charge in [-0.1, -0.05) is 65.7 Å². The van der Waals surface area contributed by atoms with Gasteiger partial charge in [0.05, 0.1) is 15.6 Å². The highest BCUT2D eigenvalue weighted by molar-refractivity contribution is 6.42. The highest BCUT2D eigenvalue weighted by Gasteiger charge is 2.30. The smallest absolute Gasteiger partial charge is 0.322 e. The second-order valence-corrected chi connectivity index (χ2v) is 10.1. The van der Waals surface area contributed by atoms with E-state index in [9.17, 15) is 18.0 Å². The average Bonchev–Trinajstić information content (AvgIpc) is 2.90. The fraction of sp³-hybridized carbons (Fsp3) is 0.167. The summed E-state index contributed by atoms with van der Waals surface area (Å²) >= 11 is 12.2. The summed E-state index contributed by atoms with van der Waals surface area (Å²) in [6, 6.07) is 23.3. The molecule has 1 heterocycles. The first kappa shape index (κ1) is 26.3. The van der Waals surface area contributed by atoms with Gasteiger partial charge in [-0.15, -0.1) is 0 Å². The average molecular weight is 555 g/mol. The van der Waals surface area contributed by atoms with Gasteiger partial charge in [-0.3, -0.25) is 9.69 Å². The molecule has 1 amide bonds. The highest BCUT2D eigenvalue weighted by Crippen LogP contribution is 2.32. The Hall–Kier alpha value is -3.32. The molecule has 0 unspecified atom stereocenters. The molecular weight excluding hydrogens is 532 g/mol. The number of alkyl halides is 3. The van der Waals surface area contributed by atoms with Gasteiger partial charge < -0.3 is 5.32 Å². The number of hydrogen-bond donors (Lipinski definition) is 1. The molecule has 0 radical (unpaired) electrons. The lowest BCUT2D eigenvalue weighted by Gasteiger charge is -2.29. The summed E-state index contributed by atoms with van der Waals surface area (Å²) in [5.74, 6) is -0.322. The number of carbonyl (C=O) groups excluding carboxylic acids is 1. The van der Waals surface area contributed by atoms with Crippen LogP contribution in [0.3, 0.4) is 0 Å². The summed E-state index contributed by atoms with van der Waals surface area (Å²) in [7, 11) is 0. The number of fused-ring (bicyclic) bond motifs is 1. The molecule has 1 aliphatic rings. The van der Waals surface area contributed by atoms with E-state index in [2.05, 4.69) is 10.2 Å². The standard InChI is InChI=1S/C30H23Cl2F3N2O/c31-27-12-5-19(15-28(27)32)17-37-14-13-21-16-24(11-8-22(21)18-37)36-29(38)26-4-2-1-3-25(26)20-6-9-23(10-7-20)30(33,34)35/h1-12,15-16H,13-14,17-18H2,(H,36,38). The number of anilines is 1. The van der Waals surface area contributed by atoms with Crippen molar-refractivity contribution in [1.82, 2.24) is 4.90 Å². The molecule has 38 heavy (non-hydrogen) atoms. The van der Waals surface area contributed by atoms with Crippen molar-refractivity contribution in [2.45, 2.75) is 25.7 Å². The Bertz CT molecular complexity index is 1490. The Morgan fingerprint density at radius 1 is 0.868 bits per heavy atom. The first-order chi connectivity index (χ1) is 18.2. The van der Waals surface area contributed by atoms with E-state index in [-0.39, 0.29) is 5.91 Å². The van der Waals surface area contributed by atoms with Crippen molar-refractivity contribution in [3.63, 3.8) is 0 Å². The maximum Gasteiger partial charge on any atom is 0.416 e. The SMILES string of the molecule is O=C(Nc1ccc2c(c1)CCN(Cc1ccc(Cl)c(Cl)c1)C2)c1ccccc1-c1ccc(C(F)(F)F)cc1. The minimum Gasteiger partial charge on any atom is -0.322 e. The Balaban J connectivity index is 1.29. The number of nitrogens with one attached hydrogen (secondary N) is 1. The number of halogens is 5. The van der Waals surface area contributed by atoms with E-state index in [1.807, 2.05) is 36.4 Å². The van der Waals surface area contributed by atoms with Crippen LogP contribution in [0.2, 0.25) is 10.0 Å². The summed E-state index contributed by atoms with van der Waals surface area (Å²) in [4.78, 5) is 15.5. The van der Waals surface area contributed by atoms with Gasteiger partial charge in [0.1, 0.15) is 0 Å². The topological polar surface area (TPSA) is 32.3 Å². The van der Waals surface area contributed by atoms with E-state index in [0.717, 1.165) is 43.8 Å². The van der Waals surface area contributed by atoms with Crippen LogP contribution in [0.4, 0.5) is 18.9 Å². The van der Waals surface area contributed by atoms with Crippen LogP contribution in [-0.2, 0) is 25.7 Å². The van der Waals surface area contributed by atoms with Gasteiger partial charge in [-0.25, -0.2) is 0 Å². The van der Waals surface area contributed by atoms with Crippen molar-refractivity contribution in [3.8, 4) is 11.1 Å². The molecule has 4 aromatic rings. The fourth-order valence-electron chi connectivity index (χ4n) is 4.69. The molecule has 4 aromatic carbocycles. The molecule has 0 saturated carbocycles. The van der Waals surface area contributed by atoms with Crippen molar-refractivity contribution in [3.05, 3.63) is 123 Å². The van der Waals surface area contributed by atoms with E-state index < -0.39 is 11.7 Å². The summed E-state index contributed by atoms with van der Waals surface area (Å²) in [5.41, 5.74) is 4.90. The molecule has 1 N–H and O–H groups in total. The third-order valence-corrected chi connectivity index (χ3v) is 7.38. The third-order valence-electron chi connectivity index (χ3n) is 6.64. The Labute approximate surface area is 228 Å². The van der Waals surface area contributed by atoms with Crippen LogP contribution >= 0.6 is 23.2 Å². The lowest BCUT2D eigenvalue weighted by atomic mass is 9.97. The molecule has 0 aliphatic carbocycles. The highest BCUT2D eigenvalue weighted by atomic mass is 35.5. The van der Waals surface area contributed by atoms with Gasteiger partial charge >= 0.3 is 6.18 Å². The lowest BCUT2D eigenvalue weighted by molar-refractivity contribution is -0.137. The maximum atomic E-state index is 13.2. The van der Waals surface area contributed by atoms with E-state index in [1.54, 1.807) is 24.3 Å². The Kier molecular flexibility index (Phi) is 7.48. The molecule has 0 fully saturated rings. The number of nitrogens with zero attached hydrogens (tertiary/aromatic N) is 1. The predicted molar refractivity (Wildman–Crippen MR) is 146 cm³/mol. The van der Waals surface area contributed by atoms with Crippen LogP contribution in [0.15, 0.2) is 84.9 Å². The van der Waals surface area contributed by atoms with Crippen LogP contribution < -0.4 is 5.32 Å². The number of rotatable bonds is 5. The van der Waals surface area contributed by atoms with E-state index in [1.165, 1.54) is 23.3 Å². The molecule has 0 atom stereocenters. The summed E-state index contributed by atoms with van der Waals surface area (Å²) < 4.78 is 38.9. The van der Waals surface area contributed by atoms with E-state index in [4.69, 9.17) is 23.2 Å². The van der Waals surface area contributed by atoms with Gasteiger partial charge in [0.15, 0.2) is 0 Å². The third kappa shape index (κ3) is 5.88. The summed E-state index contributed by atoms with van der Waals surface area (Å²) in [6.07, 6.45) is -3.58.